The van der Waals surface area contributed by atoms with E-state index >= 15 is 0 Å². The number of alkyl halides is 2. The van der Waals surface area contributed by atoms with Gasteiger partial charge in [-0.3, -0.25) is 4.79 Å². The van der Waals surface area contributed by atoms with Gasteiger partial charge < -0.3 is 19.5 Å². The highest BCUT2D eigenvalue weighted by molar-refractivity contribution is 5.94. The van der Waals surface area contributed by atoms with E-state index < -0.39 is 25.1 Å². The first-order valence-corrected chi connectivity index (χ1v) is 7.80. The van der Waals surface area contributed by atoms with Gasteiger partial charge in [0.05, 0.1) is 7.11 Å². The summed E-state index contributed by atoms with van der Waals surface area (Å²) in [7, 11) is 1.31. The summed E-state index contributed by atoms with van der Waals surface area (Å²) in [5.41, 5.74) is 1.09. The van der Waals surface area contributed by atoms with E-state index in [1.54, 1.807) is 24.3 Å². The number of amides is 1. The Labute approximate surface area is 154 Å². The van der Waals surface area contributed by atoms with Crippen LogP contribution in [0.3, 0.4) is 0 Å². The van der Waals surface area contributed by atoms with Crippen LogP contribution in [0, 0.1) is 0 Å². The molecule has 8 heteroatoms. The van der Waals surface area contributed by atoms with Gasteiger partial charge in [0.15, 0.2) is 18.1 Å². The molecule has 1 amide bonds. The van der Waals surface area contributed by atoms with Crippen molar-refractivity contribution in [3.8, 4) is 11.5 Å². The number of carbonyl (C=O) groups is 2. The molecule has 0 heterocycles. The van der Waals surface area contributed by atoms with Gasteiger partial charge in [-0.25, -0.2) is 4.79 Å². The molecule has 0 saturated heterocycles. The van der Waals surface area contributed by atoms with Gasteiger partial charge in [0.25, 0.3) is 5.91 Å². The van der Waals surface area contributed by atoms with Gasteiger partial charge >= 0.3 is 12.6 Å². The number of rotatable bonds is 8. The fraction of sp³-hybridized carbons (Fsp3) is 0.158. The molecule has 0 aliphatic heterocycles. The molecular formula is C19H17F2NO5. The molecule has 0 aromatic heterocycles. The number of anilines is 1. The van der Waals surface area contributed by atoms with Crippen molar-refractivity contribution in [2.24, 2.45) is 0 Å². The van der Waals surface area contributed by atoms with Crippen molar-refractivity contribution in [2.45, 2.75) is 6.61 Å². The van der Waals surface area contributed by atoms with Gasteiger partial charge in [0.2, 0.25) is 0 Å². The van der Waals surface area contributed by atoms with E-state index in [4.69, 9.17) is 9.47 Å². The first-order chi connectivity index (χ1) is 13.0. The number of carbonyl (C=O) groups excluding carboxylic acids is 2. The fourth-order valence-electron chi connectivity index (χ4n) is 2.05. The van der Waals surface area contributed by atoms with Crippen molar-refractivity contribution in [3.63, 3.8) is 0 Å². The lowest BCUT2D eigenvalue weighted by Gasteiger charge is -2.10. The second-order valence-electron chi connectivity index (χ2n) is 5.14. The first kappa shape index (κ1) is 19.9. The number of nitrogens with one attached hydrogen (secondary N) is 1. The van der Waals surface area contributed by atoms with Crippen LogP contribution in [0.1, 0.15) is 5.56 Å². The Morgan fingerprint density at radius 1 is 1.11 bits per heavy atom. The molecule has 0 atom stereocenters. The van der Waals surface area contributed by atoms with Gasteiger partial charge in [-0.2, -0.15) is 8.78 Å². The minimum absolute atomic E-state index is 0.0908. The summed E-state index contributed by atoms with van der Waals surface area (Å²) in [5, 5.41) is 2.58. The van der Waals surface area contributed by atoms with E-state index in [9.17, 15) is 18.4 Å². The molecule has 2 aromatic carbocycles. The van der Waals surface area contributed by atoms with Gasteiger partial charge in [0, 0.05) is 11.8 Å². The van der Waals surface area contributed by atoms with E-state index in [1.165, 1.54) is 31.4 Å². The van der Waals surface area contributed by atoms with Gasteiger partial charge in [-0.15, -0.1) is 0 Å². The van der Waals surface area contributed by atoms with Crippen LogP contribution >= 0.6 is 0 Å². The minimum Gasteiger partial charge on any atom is -0.493 e. The number of benzene rings is 2. The van der Waals surface area contributed by atoms with Crippen molar-refractivity contribution < 1.29 is 32.6 Å². The summed E-state index contributed by atoms with van der Waals surface area (Å²) in [6.45, 7) is -3.42. The van der Waals surface area contributed by atoms with Crippen LogP contribution < -0.4 is 14.8 Å². The summed E-state index contributed by atoms with van der Waals surface area (Å²) in [6.07, 6.45) is 2.50. The monoisotopic (exact) mass is 377 g/mol. The van der Waals surface area contributed by atoms with Crippen molar-refractivity contribution in [3.05, 3.63) is 60.2 Å². The van der Waals surface area contributed by atoms with Crippen LogP contribution in [0.4, 0.5) is 14.5 Å². The average molecular weight is 377 g/mol. The normalized spacial score (nSPS) is 10.7. The molecule has 0 radical (unpaired) electrons. The Bertz CT molecular complexity index is 809. The van der Waals surface area contributed by atoms with Crippen LogP contribution in [0.15, 0.2) is 54.6 Å². The van der Waals surface area contributed by atoms with Gasteiger partial charge in [-0.05, 0) is 35.9 Å². The van der Waals surface area contributed by atoms with Crippen molar-refractivity contribution in [2.75, 3.05) is 19.0 Å². The summed E-state index contributed by atoms with van der Waals surface area (Å²) in [4.78, 5) is 23.4. The molecule has 142 valence electrons. The number of esters is 1. The molecule has 6 nitrogen and oxygen atoms in total. The summed E-state index contributed by atoms with van der Waals surface area (Å²) < 4.78 is 38.7. The smallest absolute Gasteiger partial charge is 0.387 e. The van der Waals surface area contributed by atoms with E-state index in [1.807, 2.05) is 6.07 Å². The second-order valence-corrected chi connectivity index (χ2v) is 5.14. The third-order valence-corrected chi connectivity index (χ3v) is 3.22. The third-order valence-electron chi connectivity index (χ3n) is 3.22. The first-order valence-electron chi connectivity index (χ1n) is 7.80. The van der Waals surface area contributed by atoms with Crippen molar-refractivity contribution >= 4 is 23.6 Å². The Hall–Kier alpha value is -3.42. The SMILES string of the molecule is COc1cc(/C=C/C(=O)OCC(=O)Nc2ccccc2)ccc1OC(F)F. The molecule has 0 unspecified atom stereocenters. The Balaban J connectivity index is 1.87. The lowest BCUT2D eigenvalue weighted by atomic mass is 10.2. The second kappa shape index (κ2) is 9.91. The van der Waals surface area contributed by atoms with Crippen LogP contribution in [0.25, 0.3) is 6.08 Å². The van der Waals surface area contributed by atoms with Gasteiger partial charge in [0.1, 0.15) is 0 Å². The van der Waals surface area contributed by atoms with Crippen molar-refractivity contribution in [1.29, 1.82) is 0 Å². The highest BCUT2D eigenvalue weighted by atomic mass is 19.3. The molecule has 2 rings (SSSR count). The van der Waals surface area contributed by atoms with Crippen LogP contribution in [-0.4, -0.2) is 32.2 Å². The molecule has 0 aliphatic carbocycles. The van der Waals surface area contributed by atoms with Gasteiger partial charge in [-0.1, -0.05) is 24.3 Å². The number of ether oxygens (including phenoxy) is 3. The molecule has 2 aromatic rings. The summed E-state index contributed by atoms with van der Waals surface area (Å²) in [5.74, 6) is -1.24. The van der Waals surface area contributed by atoms with Crippen LogP contribution in [0.5, 0.6) is 11.5 Å². The zero-order valence-corrected chi connectivity index (χ0v) is 14.4. The Kier molecular flexibility index (Phi) is 7.30. The zero-order valence-electron chi connectivity index (χ0n) is 14.4. The fourth-order valence-corrected chi connectivity index (χ4v) is 2.05. The predicted octanol–water partition coefficient (Wildman–Crippen LogP) is 3.49. The number of hydrogen-bond acceptors (Lipinski definition) is 5. The molecule has 0 saturated carbocycles. The largest absolute Gasteiger partial charge is 0.493 e. The number of para-hydroxylation sites is 1. The quantitative estimate of drug-likeness (QED) is 0.563. The summed E-state index contributed by atoms with van der Waals surface area (Å²) >= 11 is 0. The highest BCUT2D eigenvalue weighted by Crippen LogP contribution is 2.29. The third kappa shape index (κ3) is 6.77. The number of hydrogen-bond donors (Lipinski definition) is 1. The molecule has 0 bridgehead atoms. The standard InChI is InChI=1S/C19H17F2NO5/c1-25-16-11-13(7-9-15(16)27-19(20)21)8-10-18(24)26-12-17(23)22-14-5-3-2-4-6-14/h2-11,19H,12H2,1H3,(H,22,23)/b10-8+. The maximum absolute atomic E-state index is 12.3. The van der Waals surface area contributed by atoms with E-state index in [0.717, 1.165) is 6.08 Å². The Morgan fingerprint density at radius 3 is 2.52 bits per heavy atom. The topological polar surface area (TPSA) is 73.9 Å². The van der Waals surface area contributed by atoms with Crippen LogP contribution in [0.2, 0.25) is 0 Å². The number of halogens is 2. The summed E-state index contributed by atoms with van der Waals surface area (Å²) in [6, 6.07) is 12.9. The van der Waals surface area contributed by atoms with Crippen molar-refractivity contribution in [1.82, 2.24) is 0 Å². The van der Waals surface area contributed by atoms with E-state index in [2.05, 4.69) is 10.1 Å². The van der Waals surface area contributed by atoms with Crippen LogP contribution in [-0.2, 0) is 14.3 Å². The van der Waals surface area contributed by atoms with E-state index in [0.29, 0.717) is 11.3 Å². The molecule has 27 heavy (non-hydrogen) atoms. The molecule has 1 N–H and O–H groups in total. The maximum atomic E-state index is 12.3. The lowest BCUT2D eigenvalue weighted by molar-refractivity contribution is -0.142. The molecule has 0 fully saturated rings. The number of methoxy groups -OCH3 is 1. The highest BCUT2D eigenvalue weighted by Gasteiger charge is 2.10. The minimum atomic E-state index is -2.97. The maximum Gasteiger partial charge on any atom is 0.387 e. The lowest BCUT2D eigenvalue weighted by Crippen LogP contribution is -2.20. The molecule has 0 aliphatic rings. The predicted molar refractivity (Wildman–Crippen MR) is 94.7 cm³/mol. The molecule has 0 spiro atoms. The molecular weight excluding hydrogens is 360 g/mol. The Morgan fingerprint density at radius 2 is 1.85 bits per heavy atom. The van der Waals surface area contributed by atoms with E-state index in [-0.39, 0.29) is 11.5 Å². The zero-order chi connectivity index (χ0) is 19.6. The average Bonchev–Trinajstić information content (AvgIpc) is 2.66.